The smallest absolute Gasteiger partial charge is 0.278 e. The quantitative estimate of drug-likeness (QED) is 0.471. The van der Waals surface area contributed by atoms with Crippen LogP contribution in [0.2, 0.25) is 0 Å². The standard InChI is InChI=1S/C26H28N4O2/c1-17-14-22(28-30(17)16-18-6-5-7-21(15-18)26(31)12-13-26)24-27-23(29-32-24)19-8-10-20(11-9-19)25(2,3)4/h5-11,14-15,31H,12-13,16H2,1-4H3. The van der Waals surface area contributed by atoms with Crippen molar-refractivity contribution in [3.8, 4) is 23.0 Å². The van der Waals surface area contributed by atoms with E-state index >= 15 is 0 Å². The largest absolute Gasteiger partial charge is 0.385 e. The van der Waals surface area contributed by atoms with Crippen molar-refractivity contribution in [1.82, 2.24) is 19.9 Å². The fraction of sp³-hybridized carbons (Fsp3) is 0.346. The molecule has 0 unspecified atom stereocenters. The van der Waals surface area contributed by atoms with E-state index in [4.69, 9.17) is 9.62 Å². The highest BCUT2D eigenvalue weighted by atomic mass is 16.5. The molecule has 2 aromatic carbocycles. The van der Waals surface area contributed by atoms with E-state index in [-0.39, 0.29) is 5.41 Å². The Hall–Kier alpha value is -3.25. The van der Waals surface area contributed by atoms with Crippen LogP contribution >= 0.6 is 0 Å². The highest BCUT2D eigenvalue weighted by Gasteiger charge is 2.42. The van der Waals surface area contributed by atoms with Crippen molar-refractivity contribution in [2.24, 2.45) is 0 Å². The molecule has 5 rings (SSSR count). The van der Waals surface area contributed by atoms with E-state index in [1.165, 1.54) is 5.56 Å². The molecule has 6 heteroatoms. The zero-order chi connectivity index (χ0) is 22.5. The third-order valence-electron chi connectivity index (χ3n) is 6.16. The minimum atomic E-state index is -0.633. The molecule has 2 heterocycles. The van der Waals surface area contributed by atoms with Crippen LogP contribution < -0.4 is 0 Å². The molecular formula is C26H28N4O2. The zero-order valence-corrected chi connectivity index (χ0v) is 19.0. The molecule has 0 aliphatic heterocycles. The number of benzene rings is 2. The molecule has 2 aromatic heterocycles. The van der Waals surface area contributed by atoms with Crippen molar-refractivity contribution in [2.75, 3.05) is 0 Å². The van der Waals surface area contributed by atoms with E-state index in [0.29, 0.717) is 24.0 Å². The molecule has 0 saturated heterocycles. The maximum atomic E-state index is 10.4. The lowest BCUT2D eigenvalue weighted by molar-refractivity contribution is 0.151. The summed E-state index contributed by atoms with van der Waals surface area (Å²) in [6, 6.07) is 18.3. The second-order valence-corrected chi connectivity index (χ2v) is 9.81. The van der Waals surface area contributed by atoms with Gasteiger partial charge in [-0.25, -0.2) is 0 Å². The molecule has 0 atom stereocenters. The number of aromatic nitrogens is 4. The second kappa shape index (κ2) is 7.41. The van der Waals surface area contributed by atoms with Crippen molar-refractivity contribution in [3.63, 3.8) is 0 Å². The van der Waals surface area contributed by atoms with Gasteiger partial charge >= 0.3 is 0 Å². The van der Waals surface area contributed by atoms with Gasteiger partial charge in [0.05, 0.1) is 12.1 Å². The summed E-state index contributed by atoms with van der Waals surface area (Å²) in [6.07, 6.45) is 1.67. The topological polar surface area (TPSA) is 77.0 Å². The summed E-state index contributed by atoms with van der Waals surface area (Å²) in [5, 5.41) is 19.3. The van der Waals surface area contributed by atoms with Gasteiger partial charge in [-0.1, -0.05) is 74.5 Å². The monoisotopic (exact) mass is 428 g/mol. The molecule has 1 aliphatic carbocycles. The van der Waals surface area contributed by atoms with Crippen LogP contribution in [0.1, 0.15) is 56.0 Å². The first-order chi connectivity index (χ1) is 15.2. The van der Waals surface area contributed by atoms with Crippen LogP contribution in [0.25, 0.3) is 23.0 Å². The van der Waals surface area contributed by atoms with Gasteiger partial charge in [0.25, 0.3) is 5.89 Å². The van der Waals surface area contributed by atoms with Crippen molar-refractivity contribution in [2.45, 2.75) is 58.1 Å². The number of hydrogen-bond acceptors (Lipinski definition) is 5. The summed E-state index contributed by atoms with van der Waals surface area (Å²) in [6.45, 7) is 9.20. The zero-order valence-electron chi connectivity index (χ0n) is 19.0. The molecule has 0 amide bonds. The van der Waals surface area contributed by atoms with Crippen LogP contribution in [0.5, 0.6) is 0 Å². The Morgan fingerprint density at radius 1 is 1.06 bits per heavy atom. The summed E-state index contributed by atoms with van der Waals surface area (Å²) < 4.78 is 7.45. The van der Waals surface area contributed by atoms with Gasteiger partial charge in [0.2, 0.25) is 5.82 Å². The van der Waals surface area contributed by atoms with Gasteiger partial charge in [-0.3, -0.25) is 4.68 Å². The number of hydrogen-bond donors (Lipinski definition) is 1. The molecule has 0 spiro atoms. The molecule has 32 heavy (non-hydrogen) atoms. The second-order valence-electron chi connectivity index (χ2n) is 9.81. The van der Waals surface area contributed by atoms with E-state index < -0.39 is 5.60 Å². The lowest BCUT2D eigenvalue weighted by atomic mass is 9.87. The van der Waals surface area contributed by atoms with E-state index in [1.54, 1.807) is 0 Å². The first-order valence-electron chi connectivity index (χ1n) is 11.0. The number of nitrogens with zero attached hydrogens (tertiary/aromatic N) is 4. The number of rotatable bonds is 5. The molecule has 1 fully saturated rings. The molecule has 1 aliphatic rings. The van der Waals surface area contributed by atoms with Crippen LogP contribution in [0.3, 0.4) is 0 Å². The summed E-state index contributed by atoms with van der Waals surface area (Å²) in [5.74, 6) is 0.959. The minimum Gasteiger partial charge on any atom is -0.385 e. The van der Waals surface area contributed by atoms with Crippen molar-refractivity contribution < 1.29 is 9.63 Å². The molecular weight excluding hydrogens is 400 g/mol. The normalized spacial score (nSPS) is 15.2. The molecule has 1 saturated carbocycles. The van der Waals surface area contributed by atoms with Crippen molar-refractivity contribution in [1.29, 1.82) is 0 Å². The van der Waals surface area contributed by atoms with E-state index in [0.717, 1.165) is 35.2 Å². The third kappa shape index (κ3) is 3.98. The Bertz CT molecular complexity index is 1260. The Kier molecular flexibility index (Phi) is 4.78. The van der Waals surface area contributed by atoms with Crippen molar-refractivity contribution in [3.05, 3.63) is 77.0 Å². The Labute approximate surface area is 187 Å². The Morgan fingerprint density at radius 3 is 2.50 bits per heavy atom. The molecule has 0 bridgehead atoms. The first-order valence-corrected chi connectivity index (χ1v) is 11.0. The van der Waals surface area contributed by atoms with Gasteiger partial charge in [-0.15, -0.1) is 0 Å². The SMILES string of the molecule is Cc1cc(-c2nc(-c3ccc(C(C)(C)C)cc3)no2)nn1Cc1cccc(C2(O)CC2)c1. The molecule has 6 nitrogen and oxygen atoms in total. The number of aryl methyl sites for hydroxylation is 1. The van der Waals surface area contributed by atoms with Gasteiger partial charge in [0, 0.05) is 11.3 Å². The van der Waals surface area contributed by atoms with Crippen LogP contribution in [0.4, 0.5) is 0 Å². The van der Waals surface area contributed by atoms with Gasteiger partial charge in [-0.05, 0) is 47.9 Å². The van der Waals surface area contributed by atoms with E-state index in [9.17, 15) is 5.11 Å². The summed E-state index contributed by atoms with van der Waals surface area (Å²) in [7, 11) is 0. The van der Waals surface area contributed by atoms with Crippen molar-refractivity contribution >= 4 is 0 Å². The third-order valence-corrected chi connectivity index (χ3v) is 6.16. The van der Waals surface area contributed by atoms with E-state index in [2.05, 4.69) is 55.2 Å². The average molecular weight is 429 g/mol. The fourth-order valence-corrected chi connectivity index (χ4v) is 3.88. The fourth-order valence-electron chi connectivity index (χ4n) is 3.88. The summed E-state index contributed by atoms with van der Waals surface area (Å²) >= 11 is 0. The van der Waals surface area contributed by atoms with Gasteiger partial charge in [-0.2, -0.15) is 10.1 Å². The van der Waals surface area contributed by atoms with Gasteiger partial charge in [0.15, 0.2) is 5.69 Å². The highest BCUT2D eigenvalue weighted by Crippen LogP contribution is 2.45. The summed E-state index contributed by atoms with van der Waals surface area (Å²) in [4.78, 5) is 4.57. The lowest BCUT2D eigenvalue weighted by Crippen LogP contribution is -2.10. The Morgan fingerprint density at radius 2 is 1.81 bits per heavy atom. The lowest BCUT2D eigenvalue weighted by Gasteiger charge is -2.18. The molecule has 164 valence electrons. The predicted octanol–water partition coefficient (Wildman–Crippen LogP) is 5.24. The number of aliphatic hydroxyl groups is 1. The van der Waals surface area contributed by atoms with Crippen LogP contribution in [-0.4, -0.2) is 25.0 Å². The molecule has 0 radical (unpaired) electrons. The maximum Gasteiger partial charge on any atom is 0.278 e. The van der Waals surface area contributed by atoms with Crippen LogP contribution in [-0.2, 0) is 17.6 Å². The minimum absolute atomic E-state index is 0.0985. The van der Waals surface area contributed by atoms with Gasteiger partial charge in [0.1, 0.15) is 0 Å². The van der Waals surface area contributed by atoms with Crippen LogP contribution in [0, 0.1) is 6.92 Å². The Balaban J connectivity index is 1.36. The van der Waals surface area contributed by atoms with Gasteiger partial charge < -0.3 is 9.63 Å². The highest BCUT2D eigenvalue weighted by molar-refractivity contribution is 5.58. The summed E-state index contributed by atoms with van der Waals surface area (Å²) in [5.41, 5.74) is 5.39. The van der Waals surface area contributed by atoms with Crippen LogP contribution in [0.15, 0.2) is 59.1 Å². The molecule has 4 aromatic rings. The average Bonchev–Trinajstić information content (AvgIpc) is 3.17. The first kappa shape index (κ1) is 20.6. The predicted molar refractivity (Wildman–Crippen MR) is 123 cm³/mol. The van der Waals surface area contributed by atoms with E-state index in [1.807, 2.05) is 41.9 Å². The maximum absolute atomic E-state index is 10.4. The molecule has 1 N–H and O–H groups in total.